The molecule has 1 heteroatoms. The number of rotatable bonds is 4. The second-order valence-corrected chi connectivity index (χ2v) is 4.79. The third-order valence-corrected chi connectivity index (χ3v) is 3.12. The molecule has 0 spiro atoms. The molecule has 1 atom stereocenters. The van der Waals surface area contributed by atoms with Crippen LogP contribution in [-0.4, -0.2) is 6.54 Å². The molecule has 1 aromatic carbocycles. The van der Waals surface area contributed by atoms with Gasteiger partial charge in [0.15, 0.2) is 0 Å². The minimum Gasteiger partial charge on any atom is -0.330 e. The molecule has 0 aliphatic rings. The van der Waals surface area contributed by atoms with Gasteiger partial charge in [0, 0.05) is 0 Å². The van der Waals surface area contributed by atoms with Crippen molar-refractivity contribution in [3.05, 3.63) is 34.9 Å². The lowest BCUT2D eigenvalue weighted by Gasteiger charge is -2.23. The van der Waals surface area contributed by atoms with Crippen molar-refractivity contribution in [1.29, 1.82) is 0 Å². The molecule has 1 nitrogen and oxygen atoms in total. The molecule has 1 aromatic rings. The molecule has 84 valence electrons. The summed E-state index contributed by atoms with van der Waals surface area (Å²) in [7, 11) is 0. The highest BCUT2D eigenvalue weighted by Crippen LogP contribution is 2.30. The fourth-order valence-corrected chi connectivity index (χ4v) is 2.19. The lowest BCUT2D eigenvalue weighted by Crippen LogP contribution is -2.13. The minimum absolute atomic E-state index is 0.606. The summed E-state index contributed by atoms with van der Waals surface area (Å²) in [6, 6.07) is 6.71. The predicted molar refractivity (Wildman–Crippen MR) is 67.2 cm³/mol. The maximum absolute atomic E-state index is 5.69. The van der Waals surface area contributed by atoms with Crippen LogP contribution in [0.1, 0.15) is 42.9 Å². The fraction of sp³-hybridized carbons (Fsp3) is 0.571. The smallest absolute Gasteiger partial charge is 0.00713 e. The maximum atomic E-state index is 5.69. The molecular formula is C14H23N. The zero-order valence-corrected chi connectivity index (χ0v) is 10.4. The van der Waals surface area contributed by atoms with Crippen LogP contribution >= 0.6 is 0 Å². The summed E-state index contributed by atoms with van der Waals surface area (Å²) in [6.07, 6.45) is 1.09. The Kier molecular flexibility index (Phi) is 4.34. The van der Waals surface area contributed by atoms with Crippen LogP contribution in [0.5, 0.6) is 0 Å². The Morgan fingerprint density at radius 2 is 1.87 bits per heavy atom. The van der Waals surface area contributed by atoms with Crippen molar-refractivity contribution in [2.45, 2.75) is 40.0 Å². The van der Waals surface area contributed by atoms with Crippen LogP contribution in [0.15, 0.2) is 18.2 Å². The predicted octanol–water partition coefficient (Wildman–Crippen LogP) is 3.39. The maximum Gasteiger partial charge on any atom is -0.00713 e. The normalized spacial score (nSPS) is 13.2. The molecule has 0 saturated carbocycles. The van der Waals surface area contributed by atoms with Gasteiger partial charge in [-0.05, 0) is 49.8 Å². The fourth-order valence-electron chi connectivity index (χ4n) is 2.19. The average Bonchev–Trinajstić information content (AvgIpc) is 2.18. The molecule has 0 saturated heterocycles. The van der Waals surface area contributed by atoms with E-state index in [0.717, 1.165) is 13.0 Å². The van der Waals surface area contributed by atoms with Crippen molar-refractivity contribution in [3.63, 3.8) is 0 Å². The van der Waals surface area contributed by atoms with Crippen molar-refractivity contribution >= 4 is 0 Å². The van der Waals surface area contributed by atoms with E-state index in [1.165, 1.54) is 16.7 Å². The lowest BCUT2D eigenvalue weighted by atomic mass is 9.83. The number of hydrogen-bond acceptors (Lipinski definition) is 1. The first-order valence-electron chi connectivity index (χ1n) is 5.83. The summed E-state index contributed by atoms with van der Waals surface area (Å²) in [4.78, 5) is 0. The number of nitrogens with two attached hydrogens (primary N) is 1. The van der Waals surface area contributed by atoms with Gasteiger partial charge in [0.05, 0.1) is 0 Å². The zero-order valence-electron chi connectivity index (χ0n) is 10.4. The van der Waals surface area contributed by atoms with E-state index < -0.39 is 0 Å². The van der Waals surface area contributed by atoms with E-state index in [1.807, 2.05) is 0 Å². The number of aryl methyl sites for hydroxylation is 2. The third kappa shape index (κ3) is 3.07. The second kappa shape index (κ2) is 5.32. The summed E-state index contributed by atoms with van der Waals surface area (Å²) < 4.78 is 0. The standard InChI is InChI=1S/C14H23N/c1-10(2)13(7-8-15)14-9-11(3)5-6-12(14)4/h5-6,9-10,13H,7-8,15H2,1-4H3. The van der Waals surface area contributed by atoms with Crippen LogP contribution in [0.25, 0.3) is 0 Å². The summed E-state index contributed by atoms with van der Waals surface area (Å²) in [5.74, 6) is 1.27. The van der Waals surface area contributed by atoms with Crippen LogP contribution in [0.3, 0.4) is 0 Å². The second-order valence-electron chi connectivity index (χ2n) is 4.79. The van der Waals surface area contributed by atoms with Gasteiger partial charge in [-0.2, -0.15) is 0 Å². The van der Waals surface area contributed by atoms with Crippen molar-refractivity contribution < 1.29 is 0 Å². The van der Waals surface area contributed by atoms with Gasteiger partial charge in [-0.1, -0.05) is 37.6 Å². The van der Waals surface area contributed by atoms with Crippen molar-refractivity contribution in [3.8, 4) is 0 Å². The zero-order chi connectivity index (χ0) is 11.4. The van der Waals surface area contributed by atoms with Crippen molar-refractivity contribution in [1.82, 2.24) is 0 Å². The van der Waals surface area contributed by atoms with E-state index in [9.17, 15) is 0 Å². The van der Waals surface area contributed by atoms with Crippen molar-refractivity contribution in [2.75, 3.05) is 6.54 Å². The van der Waals surface area contributed by atoms with Gasteiger partial charge < -0.3 is 5.73 Å². The van der Waals surface area contributed by atoms with E-state index in [2.05, 4.69) is 45.9 Å². The quantitative estimate of drug-likeness (QED) is 0.801. The summed E-state index contributed by atoms with van der Waals surface area (Å²) >= 11 is 0. The van der Waals surface area contributed by atoms with Crippen LogP contribution in [0.2, 0.25) is 0 Å². The molecule has 0 bridgehead atoms. The molecule has 0 fully saturated rings. The molecular weight excluding hydrogens is 182 g/mol. The first-order chi connectivity index (χ1) is 7.06. The van der Waals surface area contributed by atoms with E-state index in [0.29, 0.717) is 11.8 Å². The molecule has 0 aromatic heterocycles. The molecule has 1 unspecified atom stereocenters. The Balaban J connectivity index is 3.04. The molecule has 2 N–H and O–H groups in total. The molecule has 0 amide bonds. The molecule has 0 aliphatic carbocycles. The lowest BCUT2D eigenvalue weighted by molar-refractivity contribution is 0.471. The van der Waals surface area contributed by atoms with E-state index in [4.69, 9.17) is 5.73 Å². The van der Waals surface area contributed by atoms with Crippen LogP contribution < -0.4 is 5.73 Å². The van der Waals surface area contributed by atoms with Gasteiger partial charge in [-0.15, -0.1) is 0 Å². The Hall–Kier alpha value is -0.820. The Morgan fingerprint density at radius 1 is 1.20 bits per heavy atom. The monoisotopic (exact) mass is 205 g/mol. The largest absolute Gasteiger partial charge is 0.330 e. The third-order valence-electron chi connectivity index (χ3n) is 3.12. The first-order valence-corrected chi connectivity index (χ1v) is 5.83. The number of hydrogen-bond donors (Lipinski definition) is 1. The first kappa shape index (κ1) is 12.3. The van der Waals surface area contributed by atoms with Gasteiger partial charge in [0.25, 0.3) is 0 Å². The highest BCUT2D eigenvalue weighted by molar-refractivity contribution is 5.33. The van der Waals surface area contributed by atoms with Crippen molar-refractivity contribution in [2.24, 2.45) is 11.7 Å². The highest BCUT2D eigenvalue weighted by Gasteiger charge is 2.16. The minimum atomic E-state index is 0.606. The Labute approximate surface area is 93.7 Å². The molecule has 0 radical (unpaired) electrons. The van der Waals surface area contributed by atoms with Gasteiger partial charge in [0.2, 0.25) is 0 Å². The van der Waals surface area contributed by atoms with Crippen LogP contribution in [0.4, 0.5) is 0 Å². The summed E-state index contributed by atoms with van der Waals surface area (Å²) in [5.41, 5.74) is 9.92. The SMILES string of the molecule is Cc1ccc(C)c(C(CCN)C(C)C)c1. The van der Waals surface area contributed by atoms with Crippen LogP contribution in [0, 0.1) is 19.8 Å². The summed E-state index contributed by atoms with van der Waals surface area (Å²) in [6.45, 7) is 9.68. The van der Waals surface area contributed by atoms with E-state index in [-0.39, 0.29) is 0 Å². The van der Waals surface area contributed by atoms with Gasteiger partial charge in [-0.3, -0.25) is 0 Å². The van der Waals surface area contributed by atoms with Gasteiger partial charge in [-0.25, -0.2) is 0 Å². The van der Waals surface area contributed by atoms with E-state index >= 15 is 0 Å². The topological polar surface area (TPSA) is 26.0 Å². The molecule has 1 rings (SSSR count). The van der Waals surface area contributed by atoms with Gasteiger partial charge in [0.1, 0.15) is 0 Å². The highest BCUT2D eigenvalue weighted by atomic mass is 14.5. The number of benzene rings is 1. The molecule has 0 heterocycles. The Bertz CT molecular complexity index is 315. The van der Waals surface area contributed by atoms with Gasteiger partial charge >= 0.3 is 0 Å². The Morgan fingerprint density at radius 3 is 2.40 bits per heavy atom. The molecule has 15 heavy (non-hydrogen) atoms. The van der Waals surface area contributed by atoms with E-state index in [1.54, 1.807) is 0 Å². The molecule has 0 aliphatic heterocycles. The average molecular weight is 205 g/mol. The summed E-state index contributed by atoms with van der Waals surface area (Å²) in [5, 5.41) is 0. The van der Waals surface area contributed by atoms with Crippen LogP contribution in [-0.2, 0) is 0 Å².